The molecule has 31 heavy (non-hydrogen) atoms. The normalized spacial score (nSPS) is 12.7. The van der Waals surface area contributed by atoms with E-state index in [0.29, 0.717) is 29.3 Å². The van der Waals surface area contributed by atoms with Gasteiger partial charge in [0.2, 0.25) is 0 Å². The average Bonchev–Trinajstić information content (AvgIpc) is 3.21. The summed E-state index contributed by atoms with van der Waals surface area (Å²) in [5.74, 6) is 0.853. The molecule has 0 saturated carbocycles. The van der Waals surface area contributed by atoms with Gasteiger partial charge in [-0.25, -0.2) is 4.68 Å². The highest BCUT2D eigenvalue weighted by Gasteiger charge is 2.32. The lowest BCUT2D eigenvalue weighted by atomic mass is 10.1. The van der Waals surface area contributed by atoms with E-state index in [1.54, 1.807) is 35.9 Å². The van der Waals surface area contributed by atoms with Crippen molar-refractivity contribution >= 4 is 11.6 Å². The van der Waals surface area contributed by atoms with Crippen LogP contribution in [0.2, 0.25) is 0 Å². The first-order valence-electron chi connectivity index (χ1n) is 9.84. The Bertz CT molecular complexity index is 1250. The predicted octanol–water partition coefficient (Wildman–Crippen LogP) is 4.11. The lowest BCUT2D eigenvalue weighted by molar-refractivity contribution is 0.0986. The van der Waals surface area contributed by atoms with Crippen LogP contribution in [0.15, 0.2) is 72.8 Å². The molecule has 1 amide bonds. The number of anilines is 1. The van der Waals surface area contributed by atoms with Crippen molar-refractivity contribution in [2.75, 3.05) is 19.1 Å². The van der Waals surface area contributed by atoms with Crippen LogP contribution < -0.4 is 14.4 Å². The van der Waals surface area contributed by atoms with Crippen molar-refractivity contribution in [3.63, 3.8) is 0 Å². The van der Waals surface area contributed by atoms with Crippen LogP contribution in [-0.4, -0.2) is 35.1 Å². The van der Waals surface area contributed by atoms with Crippen LogP contribution >= 0.6 is 0 Å². The van der Waals surface area contributed by atoms with Gasteiger partial charge in [0, 0.05) is 17.3 Å². The molecule has 5 rings (SSSR count). The van der Waals surface area contributed by atoms with E-state index in [1.807, 2.05) is 60.7 Å². The number of aromatic nitrogens is 3. The minimum Gasteiger partial charge on any atom is -0.493 e. The van der Waals surface area contributed by atoms with E-state index in [2.05, 4.69) is 10.3 Å². The predicted molar refractivity (Wildman–Crippen MR) is 117 cm³/mol. The molecule has 4 aromatic rings. The Balaban J connectivity index is 1.78. The van der Waals surface area contributed by atoms with Crippen LogP contribution in [0.4, 0.5) is 5.69 Å². The second-order valence-corrected chi connectivity index (χ2v) is 7.11. The molecule has 0 unspecified atom stereocenters. The van der Waals surface area contributed by atoms with Crippen molar-refractivity contribution in [2.45, 2.75) is 6.54 Å². The molecule has 0 spiro atoms. The Morgan fingerprint density at radius 1 is 0.871 bits per heavy atom. The molecule has 1 aliphatic heterocycles. The molecule has 7 heteroatoms. The number of fused-ring (bicyclic) bond motifs is 3. The summed E-state index contributed by atoms with van der Waals surface area (Å²) >= 11 is 0. The summed E-state index contributed by atoms with van der Waals surface area (Å²) in [7, 11) is 3.12. The molecule has 1 aliphatic rings. The summed E-state index contributed by atoms with van der Waals surface area (Å²) in [5, 5.41) is 8.88. The number of rotatable bonds is 4. The summed E-state index contributed by atoms with van der Waals surface area (Å²) in [6.45, 7) is 0.319. The molecule has 1 aromatic heterocycles. The van der Waals surface area contributed by atoms with Crippen LogP contribution in [0.3, 0.4) is 0 Å². The van der Waals surface area contributed by atoms with E-state index >= 15 is 0 Å². The van der Waals surface area contributed by atoms with Crippen molar-refractivity contribution < 1.29 is 14.3 Å². The quantitative estimate of drug-likeness (QED) is 0.505. The van der Waals surface area contributed by atoms with Gasteiger partial charge >= 0.3 is 0 Å². The molecule has 0 aliphatic carbocycles. The van der Waals surface area contributed by atoms with Crippen molar-refractivity contribution in [2.24, 2.45) is 0 Å². The third-order valence-electron chi connectivity index (χ3n) is 5.39. The van der Waals surface area contributed by atoms with Crippen molar-refractivity contribution in [3.8, 4) is 28.4 Å². The number of nitrogens with zero attached hydrogens (tertiary/aromatic N) is 4. The number of benzene rings is 3. The second-order valence-electron chi connectivity index (χ2n) is 7.11. The van der Waals surface area contributed by atoms with Gasteiger partial charge in [-0.1, -0.05) is 53.7 Å². The fourth-order valence-electron chi connectivity index (χ4n) is 3.86. The molecule has 0 N–H and O–H groups in total. The van der Waals surface area contributed by atoms with Gasteiger partial charge in [-0.15, -0.1) is 5.10 Å². The van der Waals surface area contributed by atoms with E-state index in [0.717, 1.165) is 22.6 Å². The molecule has 0 radical (unpaired) electrons. The third kappa shape index (κ3) is 3.11. The Morgan fingerprint density at radius 3 is 2.19 bits per heavy atom. The molecule has 3 aromatic carbocycles. The van der Waals surface area contributed by atoms with E-state index in [9.17, 15) is 4.79 Å². The summed E-state index contributed by atoms with van der Waals surface area (Å²) in [6, 6.07) is 22.9. The first-order chi connectivity index (χ1) is 15.2. The van der Waals surface area contributed by atoms with Gasteiger partial charge < -0.3 is 14.4 Å². The molecule has 0 fully saturated rings. The summed E-state index contributed by atoms with van der Waals surface area (Å²) in [4.78, 5) is 15.4. The second kappa shape index (κ2) is 7.60. The van der Waals surface area contributed by atoms with E-state index < -0.39 is 0 Å². The van der Waals surface area contributed by atoms with Gasteiger partial charge in [0.25, 0.3) is 5.91 Å². The van der Waals surface area contributed by atoms with Gasteiger partial charge in [0.1, 0.15) is 5.69 Å². The smallest absolute Gasteiger partial charge is 0.260 e. The van der Waals surface area contributed by atoms with Crippen molar-refractivity contribution in [1.82, 2.24) is 15.0 Å². The highest BCUT2D eigenvalue weighted by molar-refractivity contribution is 6.09. The van der Waals surface area contributed by atoms with Crippen LogP contribution in [0.25, 0.3) is 16.9 Å². The first kappa shape index (κ1) is 18.9. The molecular formula is C24H20N4O3. The molecule has 0 saturated heterocycles. The van der Waals surface area contributed by atoms with Crippen LogP contribution in [0, 0.1) is 0 Å². The minimum atomic E-state index is -0.147. The largest absolute Gasteiger partial charge is 0.493 e. The van der Waals surface area contributed by atoms with Crippen LogP contribution in [0.5, 0.6) is 11.5 Å². The zero-order valence-electron chi connectivity index (χ0n) is 17.1. The maximum Gasteiger partial charge on any atom is 0.260 e. The Morgan fingerprint density at radius 2 is 1.52 bits per heavy atom. The SMILES string of the molecule is COc1cc2c(cc1OC)-n1nnc(-c3ccccc3)c1CN(c1ccccc1)C2=O. The number of carbonyl (C=O) groups is 1. The Labute approximate surface area is 179 Å². The highest BCUT2D eigenvalue weighted by atomic mass is 16.5. The summed E-state index contributed by atoms with van der Waals surface area (Å²) in [6.07, 6.45) is 0. The highest BCUT2D eigenvalue weighted by Crippen LogP contribution is 2.37. The van der Waals surface area contributed by atoms with Gasteiger partial charge in [-0.3, -0.25) is 4.79 Å². The van der Waals surface area contributed by atoms with E-state index in [1.165, 1.54) is 0 Å². The third-order valence-corrected chi connectivity index (χ3v) is 5.39. The maximum absolute atomic E-state index is 13.7. The zero-order chi connectivity index (χ0) is 21.4. The standard InChI is InChI=1S/C24H20N4O3/c1-30-21-13-18-19(14-22(21)31-2)28-20(23(25-26-28)16-9-5-3-6-10-16)15-27(24(18)29)17-11-7-4-8-12-17/h3-14H,15H2,1-2H3. The Kier molecular flexibility index (Phi) is 4.63. The molecule has 0 atom stereocenters. The zero-order valence-corrected chi connectivity index (χ0v) is 17.1. The number of hydrogen-bond donors (Lipinski definition) is 0. The van der Waals surface area contributed by atoms with Crippen LogP contribution in [-0.2, 0) is 6.54 Å². The number of para-hydroxylation sites is 1. The number of ether oxygens (including phenoxy) is 2. The monoisotopic (exact) mass is 412 g/mol. The summed E-state index contributed by atoms with van der Waals surface area (Å²) < 4.78 is 12.7. The lowest BCUT2D eigenvalue weighted by Crippen LogP contribution is -2.29. The molecule has 0 bridgehead atoms. The van der Waals surface area contributed by atoms with Gasteiger partial charge in [-0.05, 0) is 18.2 Å². The van der Waals surface area contributed by atoms with Crippen LogP contribution in [0.1, 0.15) is 16.1 Å². The number of amides is 1. The van der Waals surface area contributed by atoms with E-state index in [4.69, 9.17) is 9.47 Å². The molecule has 154 valence electrons. The van der Waals surface area contributed by atoms with Gasteiger partial charge in [-0.2, -0.15) is 0 Å². The van der Waals surface area contributed by atoms with Gasteiger partial charge in [0.15, 0.2) is 11.5 Å². The fourth-order valence-corrected chi connectivity index (χ4v) is 3.86. The molecule has 2 heterocycles. The molecule has 7 nitrogen and oxygen atoms in total. The van der Waals surface area contributed by atoms with Crippen molar-refractivity contribution in [1.29, 1.82) is 0 Å². The average molecular weight is 412 g/mol. The minimum absolute atomic E-state index is 0.147. The number of hydrogen-bond acceptors (Lipinski definition) is 5. The number of carbonyl (C=O) groups excluding carboxylic acids is 1. The molecular weight excluding hydrogens is 392 g/mol. The summed E-state index contributed by atoms with van der Waals surface area (Å²) in [5.41, 5.74) is 4.34. The van der Waals surface area contributed by atoms with E-state index in [-0.39, 0.29) is 5.91 Å². The maximum atomic E-state index is 13.7. The fraction of sp³-hybridized carbons (Fsp3) is 0.125. The first-order valence-corrected chi connectivity index (χ1v) is 9.84. The lowest BCUT2D eigenvalue weighted by Gasteiger charge is -2.21. The Hall–Kier alpha value is -4.13. The van der Waals surface area contributed by atoms with Crippen molar-refractivity contribution in [3.05, 3.63) is 84.1 Å². The topological polar surface area (TPSA) is 69.5 Å². The number of methoxy groups -OCH3 is 2. The van der Waals surface area contributed by atoms with Gasteiger partial charge in [0.05, 0.1) is 37.7 Å².